The SMILES string of the molecule is Fc1ccc(-c2cn3c(-c4c[nH]c5ccc(Br)cc45)csc3n2)cc1. The van der Waals surface area contributed by atoms with Crippen molar-refractivity contribution in [3.63, 3.8) is 0 Å². The van der Waals surface area contributed by atoms with Gasteiger partial charge in [0.15, 0.2) is 4.96 Å². The maximum atomic E-state index is 13.1. The van der Waals surface area contributed by atoms with Crippen LogP contribution >= 0.6 is 27.3 Å². The molecule has 0 saturated carbocycles. The summed E-state index contributed by atoms with van der Waals surface area (Å²) in [6.07, 6.45) is 4.03. The normalized spacial score (nSPS) is 11.6. The average Bonchev–Trinajstić information content (AvgIpc) is 3.29. The molecular formula is C19H11BrFN3S. The predicted molar refractivity (Wildman–Crippen MR) is 103 cm³/mol. The Morgan fingerprint density at radius 1 is 1.12 bits per heavy atom. The van der Waals surface area contributed by atoms with Crippen LogP contribution in [-0.2, 0) is 0 Å². The van der Waals surface area contributed by atoms with Crippen LogP contribution < -0.4 is 0 Å². The first-order valence-corrected chi connectivity index (χ1v) is 9.36. The zero-order valence-electron chi connectivity index (χ0n) is 12.8. The minimum atomic E-state index is -0.241. The molecule has 3 heterocycles. The first-order chi connectivity index (χ1) is 12.2. The number of nitrogens with zero attached hydrogens (tertiary/aromatic N) is 2. The molecule has 25 heavy (non-hydrogen) atoms. The number of fused-ring (bicyclic) bond motifs is 2. The fraction of sp³-hybridized carbons (Fsp3) is 0. The second kappa shape index (κ2) is 5.54. The Balaban J connectivity index is 1.69. The number of H-pyrrole nitrogens is 1. The number of halogens is 2. The highest BCUT2D eigenvalue weighted by Crippen LogP contribution is 2.34. The Hall–Kier alpha value is -2.44. The highest BCUT2D eigenvalue weighted by Gasteiger charge is 2.14. The van der Waals surface area contributed by atoms with Gasteiger partial charge in [0.2, 0.25) is 0 Å². The van der Waals surface area contributed by atoms with Gasteiger partial charge in [-0.15, -0.1) is 11.3 Å². The third-order valence-corrected chi connectivity index (χ3v) is 5.60. The molecule has 122 valence electrons. The standard InChI is InChI=1S/C19H11BrFN3S/c20-12-3-6-16-14(7-12)15(8-22-16)18-10-25-19-23-17(9-24(18)19)11-1-4-13(21)5-2-11/h1-10,22H. The van der Waals surface area contributed by atoms with Gasteiger partial charge in [0.05, 0.1) is 11.4 Å². The van der Waals surface area contributed by atoms with Crippen LogP contribution in [0.4, 0.5) is 4.39 Å². The molecule has 0 saturated heterocycles. The molecule has 3 aromatic heterocycles. The van der Waals surface area contributed by atoms with Gasteiger partial charge in [-0.3, -0.25) is 4.40 Å². The van der Waals surface area contributed by atoms with Crippen molar-refractivity contribution < 1.29 is 4.39 Å². The average molecular weight is 412 g/mol. The molecule has 3 nitrogen and oxygen atoms in total. The number of imidazole rings is 1. The van der Waals surface area contributed by atoms with E-state index in [2.05, 4.69) is 47.8 Å². The van der Waals surface area contributed by atoms with Gasteiger partial charge >= 0.3 is 0 Å². The largest absolute Gasteiger partial charge is 0.360 e. The molecule has 2 aromatic carbocycles. The summed E-state index contributed by atoms with van der Waals surface area (Å²) in [4.78, 5) is 8.92. The van der Waals surface area contributed by atoms with Crippen molar-refractivity contribution in [1.29, 1.82) is 0 Å². The van der Waals surface area contributed by atoms with Crippen LogP contribution in [0.25, 0.3) is 38.4 Å². The van der Waals surface area contributed by atoms with Gasteiger partial charge in [0, 0.05) is 44.3 Å². The van der Waals surface area contributed by atoms with E-state index in [9.17, 15) is 4.39 Å². The van der Waals surface area contributed by atoms with Crippen LogP contribution in [0.3, 0.4) is 0 Å². The molecule has 0 atom stereocenters. The molecule has 0 fully saturated rings. The lowest BCUT2D eigenvalue weighted by molar-refractivity contribution is 0.628. The summed E-state index contributed by atoms with van der Waals surface area (Å²) in [5.74, 6) is -0.241. The fourth-order valence-electron chi connectivity index (χ4n) is 3.04. The van der Waals surface area contributed by atoms with E-state index in [0.717, 1.165) is 42.9 Å². The number of aromatic amines is 1. The van der Waals surface area contributed by atoms with Crippen LogP contribution in [0.2, 0.25) is 0 Å². The highest BCUT2D eigenvalue weighted by atomic mass is 79.9. The van der Waals surface area contributed by atoms with Crippen LogP contribution in [0.15, 0.2) is 64.7 Å². The number of hydrogen-bond donors (Lipinski definition) is 1. The maximum absolute atomic E-state index is 13.1. The summed E-state index contributed by atoms with van der Waals surface area (Å²) in [6, 6.07) is 12.6. The first kappa shape index (κ1) is 14.9. The lowest BCUT2D eigenvalue weighted by atomic mass is 10.1. The van der Waals surface area contributed by atoms with Gasteiger partial charge in [0.25, 0.3) is 0 Å². The molecule has 0 aliphatic rings. The van der Waals surface area contributed by atoms with E-state index in [1.165, 1.54) is 12.1 Å². The summed E-state index contributed by atoms with van der Waals surface area (Å²) in [5, 5.41) is 3.27. The Morgan fingerprint density at radius 3 is 2.80 bits per heavy atom. The van der Waals surface area contributed by atoms with Crippen molar-refractivity contribution in [2.45, 2.75) is 0 Å². The van der Waals surface area contributed by atoms with Crippen LogP contribution in [0.5, 0.6) is 0 Å². The summed E-state index contributed by atoms with van der Waals surface area (Å²) < 4.78 is 16.3. The topological polar surface area (TPSA) is 33.1 Å². The van der Waals surface area contributed by atoms with Crippen LogP contribution in [-0.4, -0.2) is 14.4 Å². The number of benzene rings is 2. The third kappa shape index (κ3) is 2.41. The molecule has 0 bridgehead atoms. The van der Waals surface area contributed by atoms with Crippen molar-refractivity contribution >= 4 is 43.1 Å². The molecule has 5 rings (SSSR count). The minimum Gasteiger partial charge on any atom is -0.360 e. The van der Waals surface area contributed by atoms with Crippen molar-refractivity contribution in [3.05, 3.63) is 70.5 Å². The van der Waals surface area contributed by atoms with Gasteiger partial charge in [-0.2, -0.15) is 0 Å². The number of aromatic nitrogens is 3. The number of thiazole rings is 1. The quantitative estimate of drug-likeness (QED) is 0.373. The molecule has 0 spiro atoms. The van der Waals surface area contributed by atoms with Gasteiger partial charge in [-0.05, 0) is 42.5 Å². The number of hydrogen-bond acceptors (Lipinski definition) is 2. The third-order valence-electron chi connectivity index (χ3n) is 4.27. The summed E-state index contributed by atoms with van der Waals surface area (Å²) in [5.41, 5.74) is 5.06. The molecule has 0 unspecified atom stereocenters. The Labute approximate surface area is 154 Å². The van der Waals surface area contributed by atoms with Crippen molar-refractivity contribution in [1.82, 2.24) is 14.4 Å². The summed E-state index contributed by atoms with van der Waals surface area (Å²) >= 11 is 5.14. The monoisotopic (exact) mass is 411 g/mol. The highest BCUT2D eigenvalue weighted by molar-refractivity contribution is 9.10. The van der Waals surface area contributed by atoms with E-state index in [-0.39, 0.29) is 5.82 Å². The fourth-order valence-corrected chi connectivity index (χ4v) is 4.28. The summed E-state index contributed by atoms with van der Waals surface area (Å²) in [7, 11) is 0. The van der Waals surface area contributed by atoms with Crippen molar-refractivity contribution in [2.75, 3.05) is 0 Å². The van der Waals surface area contributed by atoms with Crippen molar-refractivity contribution in [3.8, 4) is 22.5 Å². The second-order valence-electron chi connectivity index (χ2n) is 5.80. The first-order valence-electron chi connectivity index (χ1n) is 7.68. The van der Waals surface area contributed by atoms with E-state index < -0.39 is 0 Å². The van der Waals surface area contributed by atoms with E-state index in [0.29, 0.717) is 0 Å². The maximum Gasteiger partial charge on any atom is 0.194 e. The molecule has 0 aliphatic heterocycles. The lowest BCUT2D eigenvalue weighted by Gasteiger charge is -1.99. The van der Waals surface area contributed by atoms with Gasteiger partial charge in [-0.1, -0.05) is 15.9 Å². The molecule has 0 amide bonds. The minimum absolute atomic E-state index is 0.241. The predicted octanol–water partition coefficient (Wildman–Crippen LogP) is 6.11. The molecule has 5 aromatic rings. The Morgan fingerprint density at radius 2 is 1.96 bits per heavy atom. The lowest BCUT2D eigenvalue weighted by Crippen LogP contribution is -1.82. The van der Waals surface area contributed by atoms with E-state index >= 15 is 0 Å². The van der Waals surface area contributed by atoms with Crippen LogP contribution in [0, 0.1) is 5.82 Å². The summed E-state index contributed by atoms with van der Waals surface area (Å²) in [6.45, 7) is 0. The molecule has 6 heteroatoms. The molecule has 0 aliphatic carbocycles. The van der Waals surface area contributed by atoms with Gasteiger partial charge in [0.1, 0.15) is 5.82 Å². The molecule has 1 N–H and O–H groups in total. The molecule has 0 radical (unpaired) electrons. The van der Waals surface area contributed by atoms with Crippen LogP contribution in [0.1, 0.15) is 0 Å². The zero-order valence-corrected chi connectivity index (χ0v) is 15.2. The van der Waals surface area contributed by atoms with E-state index in [1.807, 2.05) is 18.5 Å². The molecular weight excluding hydrogens is 401 g/mol. The number of nitrogens with one attached hydrogen (secondary N) is 1. The Bertz CT molecular complexity index is 1220. The van der Waals surface area contributed by atoms with Gasteiger partial charge < -0.3 is 4.98 Å². The van der Waals surface area contributed by atoms with E-state index in [1.54, 1.807) is 23.5 Å². The zero-order chi connectivity index (χ0) is 17.0. The van der Waals surface area contributed by atoms with E-state index in [4.69, 9.17) is 0 Å². The number of rotatable bonds is 2. The second-order valence-corrected chi connectivity index (χ2v) is 7.55. The van der Waals surface area contributed by atoms with Gasteiger partial charge in [-0.25, -0.2) is 9.37 Å². The Kier molecular flexibility index (Phi) is 3.29. The smallest absolute Gasteiger partial charge is 0.194 e. The van der Waals surface area contributed by atoms with Crippen molar-refractivity contribution in [2.24, 2.45) is 0 Å².